The maximum atomic E-state index is 13.9. The van der Waals surface area contributed by atoms with Gasteiger partial charge in [-0.1, -0.05) is 133 Å². The molecule has 0 aliphatic heterocycles. The number of benzene rings is 5. The zero-order valence-electron chi connectivity index (χ0n) is 33.0. The maximum Gasteiger partial charge on any atom is 0.416 e. The molecule has 0 aromatic heterocycles. The number of ketones is 3. The normalized spacial score (nSPS) is 13.3. The lowest BCUT2D eigenvalue weighted by Crippen LogP contribution is -2.52. The van der Waals surface area contributed by atoms with Gasteiger partial charge in [-0.05, 0) is 65.6 Å². The summed E-state index contributed by atoms with van der Waals surface area (Å²) >= 11 is 0. The highest BCUT2D eigenvalue weighted by Crippen LogP contribution is 2.30. The van der Waals surface area contributed by atoms with Crippen LogP contribution in [0.15, 0.2) is 140 Å². The second-order valence-electron chi connectivity index (χ2n) is 14.9. The highest BCUT2D eigenvalue weighted by Gasteiger charge is 2.34. The Kier molecular flexibility index (Phi) is 15.4. The smallest absolute Gasteiger partial charge is 0.369 e. The van der Waals surface area contributed by atoms with Crippen LogP contribution < -0.4 is 16.4 Å². The van der Waals surface area contributed by atoms with Crippen molar-refractivity contribution in [1.82, 2.24) is 10.6 Å². The summed E-state index contributed by atoms with van der Waals surface area (Å²) in [5.74, 6) is -6.76. The SMILES string of the molecule is CC(NC(=O)[C@@H](CC(=O)Cc1ccccc1)Cc1ccccc1)C(=O)C(=O)N[C@@H](Cc1cccc(C(F)(F)F)c1)C(=O)C[C@@H](Cc1ccc(-c2ccccc2)cc1)C(N)=O. The summed E-state index contributed by atoms with van der Waals surface area (Å²) in [6.07, 6.45) is -5.45. The Balaban J connectivity index is 1.30. The summed E-state index contributed by atoms with van der Waals surface area (Å²) in [6, 6.07) is 36.1. The number of Topliss-reactive ketones (excluding diaryl/α,β-unsaturated/α-hetero) is 3. The van der Waals surface area contributed by atoms with Crippen LogP contribution in [0.1, 0.15) is 47.6 Å². The zero-order chi connectivity index (χ0) is 43.2. The summed E-state index contributed by atoms with van der Waals surface area (Å²) in [7, 11) is 0. The summed E-state index contributed by atoms with van der Waals surface area (Å²) in [5.41, 5.74) is 8.93. The lowest BCUT2D eigenvalue weighted by atomic mass is 9.89. The first kappa shape index (κ1) is 44.4. The van der Waals surface area contributed by atoms with Gasteiger partial charge in [0.15, 0.2) is 5.78 Å². The van der Waals surface area contributed by atoms with Crippen molar-refractivity contribution in [2.24, 2.45) is 17.6 Å². The monoisotopic (exact) mass is 817 g/mol. The highest BCUT2D eigenvalue weighted by molar-refractivity contribution is 6.38. The first-order chi connectivity index (χ1) is 28.7. The Hall–Kier alpha value is -6.69. The number of carbonyl (C=O) groups is 6. The van der Waals surface area contributed by atoms with Crippen LogP contribution in [0.5, 0.6) is 0 Å². The van der Waals surface area contributed by atoms with Gasteiger partial charge < -0.3 is 16.4 Å². The number of amides is 3. The van der Waals surface area contributed by atoms with E-state index in [0.29, 0.717) is 5.56 Å². The number of nitrogens with one attached hydrogen (secondary N) is 2. The number of hydrogen-bond acceptors (Lipinski definition) is 6. The Morgan fingerprint density at radius 3 is 1.72 bits per heavy atom. The molecule has 60 heavy (non-hydrogen) atoms. The first-order valence-electron chi connectivity index (χ1n) is 19.5. The molecule has 0 fully saturated rings. The van der Waals surface area contributed by atoms with Crippen molar-refractivity contribution < 1.29 is 41.9 Å². The van der Waals surface area contributed by atoms with Gasteiger partial charge in [0.1, 0.15) is 5.78 Å². The first-order valence-corrected chi connectivity index (χ1v) is 19.5. The maximum absolute atomic E-state index is 13.9. The van der Waals surface area contributed by atoms with Crippen molar-refractivity contribution >= 4 is 35.1 Å². The molecule has 5 aromatic carbocycles. The molecule has 3 amide bonds. The van der Waals surface area contributed by atoms with E-state index in [0.717, 1.165) is 40.5 Å². The minimum atomic E-state index is -4.69. The van der Waals surface area contributed by atoms with Crippen molar-refractivity contribution in [3.63, 3.8) is 0 Å². The summed E-state index contributed by atoms with van der Waals surface area (Å²) in [5, 5.41) is 4.91. The third-order valence-corrected chi connectivity index (χ3v) is 10.2. The van der Waals surface area contributed by atoms with Gasteiger partial charge in [0.05, 0.1) is 17.6 Å². The Morgan fingerprint density at radius 1 is 0.583 bits per heavy atom. The lowest BCUT2D eigenvalue weighted by Gasteiger charge is -2.22. The quantitative estimate of drug-likeness (QED) is 0.0732. The number of primary amides is 1. The molecule has 4 atom stereocenters. The van der Waals surface area contributed by atoms with Crippen LogP contribution in [0.4, 0.5) is 13.2 Å². The average Bonchev–Trinajstić information content (AvgIpc) is 3.23. The number of halogens is 3. The van der Waals surface area contributed by atoms with E-state index in [1.165, 1.54) is 13.0 Å². The van der Waals surface area contributed by atoms with Crippen LogP contribution in [0.3, 0.4) is 0 Å². The van der Waals surface area contributed by atoms with Gasteiger partial charge in [-0.15, -0.1) is 0 Å². The largest absolute Gasteiger partial charge is 0.416 e. The molecule has 0 saturated carbocycles. The number of rotatable bonds is 20. The molecule has 0 spiro atoms. The van der Waals surface area contributed by atoms with Gasteiger partial charge in [0.25, 0.3) is 5.91 Å². The Morgan fingerprint density at radius 2 is 1.12 bits per heavy atom. The number of alkyl halides is 3. The number of carbonyl (C=O) groups excluding carboxylic acids is 6. The van der Waals surface area contributed by atoms with E-state index in [2.05, 4.69) is 10.6 Å². The van der Waals surface area contributed by atoms with E-state index in [9.17, 15) is 41.9 Å². The molecule has 0 radical (unpaired) electrons. The van der Waals surface area contributed by atoms with Crippen LogP contribution in [0.25, 0.3) is 11.1 Å². The second-order valence-corrected chi connectivity index (χ2v) is 14.9. The van der Waals surface area contributed by atoms with E-state index in [-0.39, 0.29) is 37.0 Å². The fourth-order valence-electron chi connectivity index (χ4n) is 6.91. The van der Waals surface area contributed by atoms with Crippen molar-refractivity contribution in [2.75, 3.05) is 0 Å². The van der Waals surface area contributed by atoms with Crippen LogP contribution in [-0.4, -0.2) is 47.2 Å². The molecule has 12 heteroatoms. The van der Waals surface area contributed by atoms with Crippen molar-refractivity contribution in [3.8, 4) is 11.1 Å². The minimum absolute atomic E-state index is 0.0355. The van der Waals surface area contributed by atoms with Gasteiger partial charge in [-0.2, -0.15) is 13.2 Å². The van der Waals surface area contributed by atoms with Crippen molar-refractivity contribution in [2.45, 2.75) is 63.7 Å². The topological polar surface area (TPSA) is 152 Å². The molecule has 4 N–H and O–H groups in total. The predicted molar refractivity (Wildman–Crippen MR) is 221 cm³/mol. The fourth-order valence-corrected chi connectivity index (χ4v) is 6.91. The molecule has 0 bridgehead atoms. The minimum Gasteiger partial charge on any atom is -0.369 e. The van der Waals surface area contributed by atoms with E-state index >= 15 is 0 Å². The molecule has 5 rings (SSSR count). The van der Waals surface area contributed by atoms with E-state index < -0.39 is 77.8 Å². The molecular weight excluding hydrogens is 772 g/mol. The van der Waals surface area contributed by atoms with Gasteiger partial charge in [-0.3, -0.25) is 28.8 Å². The lowest BCUT2D eigenvalue weighted by molar-refractivity contribution is -0.141. The van der Waals surface area contributed by atoms with Gasteiger partial charge in [0, 0.05) is 31.1 Å². The molecule has 0 aliphatic rings. The third-order valence-electron chi connectivity index (χ3n) is 10.2. The van der Waals surface area contributed by atoms with E-state index in [1.807, 2.05) is 54.6 Å². The van der Waals surface area contributed by atoms with E-state index in [4.69, 9.17) is 5.73 Å². The summed E-state index contributed by atoms with van der Waals surface area (Å²) in [4.78, 5) is 80.3. The molecule has 5 aromatic rings. The second kappa shape index (κ2) is 20.8. The average molecular weight is 818 g/mol. The Labute approximate surface area is 346 Å². The highest BCUT2D eigenvalue weighted by atomic mass is 19.4. The molecular formula is C48H46F3N3O6. The Bertz CT molecular complexity index is 2270. The van der Waals surface area contributed by atoms with Crippen molar-refractivity contribution in [3.05, 3.63) is 167 Å². The standard InChI is InChI=1S/C48H46F3N3O6/c1-31(53-46(59)39(25-32-12-5-2-6-13-32)29-41(55)27-33-14-7-3-8-15-33)44(57)47(60)54-42(28-35-16-11-19-40(26-35)48(49,50)51)43(56)30-38(45(52)58)24-34-20-22-37(23-21-34)36-17-9-4-10-18-36/h2-23,26,31,38-39,42H,24-25,27-30H2,1H3,(H2,52,58)(H,53,59)(H,54,60)/t31?,38-,39-,42+/m1/s1. The number of nitrogens with two attached hydrogens (primary N) is 1. The van der Waals surface area contributed by atoms with Gasteiger partial charge in [-0.25, -0.2) is 0 Å². The zero-order valence-corrected chi connectivity index (χ0v) is 33.0. The molecule has 310 valence electrons. The number of hydrogen-bond donors (Lipinski definition) is 3. The predicted octanol–water partition coefficient (Wildman–Crippen LogP) is 6.84. The van der Waals surface area contributed by atoms with Gasteiger partial charge >= 0.3 is 6.18 Å². The third kappa shape index (κ3) is 13.2. The van der Waals surface area contributed by atoms with Crippen LogP contribution in [0.2, 0.25) is 0 Å². The van der Waals surface area contributed by atoms with Crippen LogP contribution in [-0.2, 0) is 60.6 Å². The molecule has 0 heterocycles. The molecule has 0 saturated heterocycles. The molecule has 1 unspecified atom stereocenters. The van der Waals surface area contributed by atoms with Gasteiger partial charge in [0.2, 0.25) is 17.6 Å². The van der Waals surface area contributed by atoms with Crippen LogP contribution in [0, 0.1) is 11.8 Å². The van der Waals surface area contributed by atoms with E-state index in [1.54, 1.807) is 60.7 Å². The fraction of sp³-hybridized carbons (Fsp3) is 0.250. The van der Waals surface area contributed by atoms with Crippen LogP contribution >= 0.6 is 0 Å². The van der Waals surface area contributed by atoms with Crippen molar-refractivity contribution in [1.29, 1.82) is 0 Å². The summed E-state index contributed by atoms with van der Waals surface area (Å²) < 4.78 is 40.9. The molecule has 9 nitrogen and oxygen atoms in total. The summed E-state index contributed by atoms with van der Waals surface area (Å²) in [6.45, 7) is 1.28. The molecule has 0 aliphatic carbocycles.